The van der Waals surface area contributed by atoms with Crippen LogP contribution >= 0.6 is 0 Å². The zero-order chi connectivity index (χ0) is 19.0. The van der Waals surface area contributed by atoms with Gasteiger partial charge in [-0.1, -0.05) is 54.6 Å². The molecule has 1 aromatic heterocycles. The molecule has 0 saturated heterocycles. The summed E-state index contributed by atoms with van der Waals surface area (Å²) < 4.78 is 0. The summed E-state index contributed by atoms with van der Waals surface area (Å²) in [6.07, 6.45) is 3.59. The first-order chi connectivity index (χ1) is 13.1. The van der Waals surface area contributed by atoms with Crippen LogP contribution in [0.2, 0.25) is 0 Å². The van der Waals surface area contributed by atoms with Gasteiger partial charge in [-0.3, -0.25) is 10.0 Å². The SMILES string of the molecule is Cc1cnc(-c2ccc([C@@H]3[C@@H](c4ccccc4)[C@@]3(C)C(=O)NO)cc2)nc1. The van der Waals surface area contributed by atoms with Gasteiger partial charge < -0.3 is 0 Å². The second-order valence-corrected chi connectivity index (χ2v) is 7.30. The van der Waals surface area contributed by atoms with Gasteiger partial charge in [0.25, 0.3) is 5.91 Å². The number of carbonyl (C=O) groups excluding carboxylic acids is 1. The first-order valence-corrected chi connectivity index (χ1v) is 8.94. The molecule has 4 rings (SSSR count). The first kappa shape index (κ1) is 17.4. The van der Waals surface area contributed by atoms with Crippen molar-refractivity contribution in [3.63, 3.8) is 0 Å². The van der Waals surface area contributed by atoms with Gasteiger partial charge in [0.15, 0.2) is 5.82 Å². The van der Waals surface area contributed by atoms with Crippen molar-refractivity contribution in [2.45, 2.75) is 25.7 Å². The van der Waals surface area contributed by atoms with Gasteiger partial charge in [-0.25, -0.2) is 15.4 Å². The summed E-state index contributed by atoms with van der Waals surface area (Å²) in [4.78, 5) is 21.1. The third-order valence-electron chi connectivity index (χ3n) is 5.57. The average Bonchev–Trinajstić information content (AvgIpc) is 3.35. The third-order valence-corrected chi connectivity index (χ3v) is 5.57. The summed E-state index contributed by atoms with van der Waals surface area (Å²) >= 11 is 0. The summed E-state index contributed by atoms with van der Waals surface area (Å²) in [6, 6.07) is 18.0. The molecule has 0 spiro atoms. The fraction of sp³-hybridized carbons (Fsp3) is 0.227. The molecule has 0 bridgehead atoms. The molecule has 1 heterocycles. The number of rotatable bonds is 4. The number of nitrogens with zero attached hydrogens (tertiary/aromatic N) is 2. The van der Waals surface area contributed by atoms with Crippen molar-refractivity contribution in [3.8, 4) is 11.4 Å². The Labute approximate surface area is 158 Å². The largest absolute Gasteiger partial charge is 0.289 e. The van der Waals surface area contributed by atoms with Crippen LogP contribution < -0.4 is 5.48 Å². The molecule has 27 heavy (non-hydrogen) atoms. The van der Waals surface area contributed by atoms with Crippen LogP contribution in [0.4, 0.5) is 0 Å². The molecule has 0 aliphatic heterocycles. The molecule has 3 aromatic rings. The van der Waals surface area contributed by atoms with Crippen LogP contribution in [0, 0.1) is 12.3 Å². The van der Waals surface area contributed by atoms with Crippen LogP contribution in [-0.2, 0) is 4.79 Å². The van der Waals surface area contributed by atoms with Crippen LogP contribution in [0.5, 0.6) is 0 Å². The zero-order valence-electron chi connectivity index (χ0n) is 15.3. The number of nitrogens with one attached hydrogen (secondary N) is 1. The van der Waals surface area contributed by atoms with E-state index in [4.69, 9.17) is 0 Å². The molecular weight excluding hydrogens is 338 g/mol. The molecule has 1 aliphatic rings. The molecule has 2 aromatic carbocycles. The lowest BCUT2D eigenvalue weighted by Gasteiger charge is -2.09. The number of hydrogen-bond donors (Lipinski definition) is 2. The Bertz CT molecular complexity index is 955. The molecule has 1 aliphatic carbocycles. The van der Waals surface area contributed by atoms with Crippen molar-refractivity contribution < 1.29 is 10.0 Å². The minimum atomic E-state index is -0.683. The molecule has 0 radical (unpaired) electrons. The van der Waals surface area contributed by atoms with Crippen molar-refractivity contribution in [2.24, 2.45) is 5.41 Å². The van der Waals surface area contributed by atoms with Gasteiger partial charge >= 0.3 is 0 Å². The van der Waals surface area contributed by atoms with Gasteiger partial charge in [0.05, 0.1) is 5.41 Å². The predicted octanol–water partition coefficient (Wildman–Crippen LogP) is 3.84. The number of benzene rings is 2. The van der Waals surface area contributed by atoms with Gasteiger partial charge in [-0.05, 0) is 30.5 Å². The fourth-order valence-electron chi connectivity index (χ4n) is 4.03. The van der Waals surface area contributed by atoms with E-state index in [1.54, 1.807) is 12.4 Å². The molecule has 5 nitrogen and oxygen atoms in total. The van der Waals surface area contributed by atoms with Gasteiger partial charge in [0.1, 0.15) is 0 Å². The van der Waals surface area contributed by atoms with E-state index < -0.39 is 5.41 Å². The molecular formula is C22H21N3O2. The number of aryl methyl sites for hydroxylation is 1. The normalized spacial score (nSPS) is 23.7. The van der Waals surface area contributed by atoms with Crippen LogP contribution in [0.15, 0.2) is 67.0 Å². The number of aromatic nitrogens is 2. The highest BCUT2D eigenvalue weighted by atomic mass is 16.5. The molecule has 0 unspecified atom stereocenters. The Morgan fingerprint density at radius 3 is 2.07 bits per heavy atom. The second kappa shape index (κ2) is 6.59. The van der Waals surface area contributed by atoms with Crippen molar-refractivity contribution in [2.75, 3.05) is 0 Å². The Morgan fingerprint density at radius 1 is 0.963 bits per heavy atom. The zero-order valence-corrected chi connectivity index (χ0v) is 15.3. The highest BCUT2D eigenvalue weighted by Gasteiger charge is 2.67. The lowest BCUT2D eigenvalue weighted by Crippen LogP contribution is -2.29. The predicted molar refractivity (Wildman–Crippen MR) is 102 cm³/mol. The summed E-state index contributed by atoms with van der Waals surface area (Å²) in [5.74, 6) is 0.345. The van der Waals surface area contributed by atoms with Crippen molar-refractivity contribution >= 4 is 5.91 Å². The van der Waals surface area contributed by atoms with Crippen molar-refractivity contribution in [3.05, 3.63) is 83.7 Å². The molecule has 1 amide bonds. The number of hydrogen-bond acceptors (Lipinski definition) is 4. The van der Waals surface area contributed by atoms with Gasteiger partial charge in [0.2, 0.25) is 0 Å². The van der Waals surface area contributed by atoms with E-state index in [0.29, 0.717) is 5.82 Å². The van der Waals surface area contributed by atoms with Crippen LogP contribution in [0.25, 0.3) is 11.4 Å². The lowest BCUT2D eigenvalue weighted by atomic mass is 9.99. The monoisotopic (exact) mass is 359 g/mol. The van der Waals surface area contributed by atoms with Crippen molar-refractivity contribution in [1.29, 1.82) is 0 Å². The number of amides is 1. The molecule has 2 N–H and O–H groups in total. The van der Waals surface area contributed by atoms with Crippen LogP contribution in [0.3, 0.4) is 0 Å². The smallest absolute Gasteiger partial charge is 0.250 e. The Balaban J connectivity index is 1.67. The standard InChI is InChI=1S/C22H21N3O2/c1-14-12-23-20(24-13-14)17-10-8-16(9-11-17)19-18(15-6-4-3-5-7-15)22(19,2)21(26)25-27/h3-13,18-19,27H,1-2H3,(H,25,26)/t18-,19-,22-/m1/s1. The lowest BCUT2D eigenvalue weighted by molar-refractivity contribution is -0.134. The van der Waals surface area contributed by atoms with E-state index >= 15 is 0 Å². The van der Waals surface area contributed by atoms with E-state index in [0.717, 1.165) is 22.3 Å². The second-order valence-electron chi connectivity index (χ2n) is 7.30. The summed E-state index contributed by atoms with van der Waals surface area (Å²) in [6.45, 7) is 3.86. The average molecular weight is 359 g/mol. The third kappa shape index (κ3) is 2.90. The van der Waals surface area contributed by atoms with E-state index in [2.05, 4.69) is 9.97 Å². The maximum atomic E-state index is 12.4. The molecule has 1 fully saturated rings. The van der Waals surface area contributed by atoms with E-state index in [1.165, 1.54) is 0 Å². The Morgan fingerprint density at radius 2 is 1.52 bits per heavy atom. The van der Waals surface area contributed by atoms with Crippen LogP contribution in [0.1, 0.15) is 35.4 Å². The topological polar surface area (TPSA) is 75.1 Å². The van der Waals surface area contributed by atoms with Gasteiger partial charge in [0, 0.05) is 29.8 Å². The maximum absolute atomic E-state index is 12.4. The number of carbonyl (C=O) groups is 1. The van der Waals surface area contributed by atoms with E-state index in [1.807, 2.05) is 73.9 Å². The minimum absolute atomic E-state index is 0.0000335. The quantitative estimate of drug-likeness (QED) is 0.548. The molecule has 5 heteroatoms. The molecule has 3 atom stereocenters. The molecule has 1 saturated carbocycles. The fourth-order valence-corrected chi connectivity index (χ4v) is 4.03. The maximum Gasteiger partial charge on any atom is 0.250 e. The summed E-state index contributed by atoms with van der Waals surface area (Å²) in [5.41, 5.74) is 5.28. The molecule has 136 valence electrons. The minimum Gasteiger partial charge on any atom is -0.289 e. The first-order valence-electron chi connectivity index (χ1n) is 8.94. The number of hydroxylamine groups is 1. The van der Waals surface area contributed by atoms with Gasteiger partial charge in [-0.15, -0.1) is 0 Å². The highest BCUT2D eigenvalue weighted by molar-refractivity contribution is 5.88. The van der Waals surface area contributed by atoms with E-state index in [-0.39, 0.29) is 17.7 Å². The van der Waals surface area contributed by atoms with E-state index in [9.17, 15) is 10.0 Å². The van der Waals surface area contributed by atoms with Crippen molar-refractivity contribution in [1.82, 2.24) is 15.4 Å². The Kier molecular flexibility index (Phi) is 4.24. The Hall–Kier alpha value is -3.05. The van der Waals surface area contributed by atoms with Crippen LogP contribution in [-0.4, -0.2) is 21.1 Å². The summed E-state index contributed by atoms with van der Waals surface area (Å²) in [7, 11) is 0. The van der Waals surface area contributed by atoms with Gasteiger partial charge in [-0.2, -0.15) is 0 Å². The summed E-state index contributed by atoms with van der Waals surface area (Å²) in [5, 5.41) is 9.24. The highest BCUT2D eigenvalue weighted by Crippen LogP contribution is 2.70.